The number of rotatable bonds is 6. The van der Waals surface area contributed by atoms with Crippen molar-refractivity contribution in [1.29, 1.82) is 0 Å². The molecule has 1 atom stereocenters. The predicted molar refractivity (Wildman–Crippen MR) is 108 cm³/mol. The Balaban J connectivity index is 1.54. The topological polar surface area (TPSA) is 20.3 Å². The summed E-state index contributed by atoms with van der Waals surface area (Å²) < 4.78 is 0. The van der Waals surface area contributed by atoms with Gasteiger partial charge in [-0.25, -0.2) is 0 Å². The van der Waals surface area contributed by atoms with Crippen molar-refractivity contribution in [2.75, 3.05) is 13.1 Å². The SMILES string of the molecule is CC(C)Cc1ccc(CC(=O)N2CCCC(Cc3ccccc3)C2)cc1. The molecule has 1 fully saturated rings. The summed E-state index contributed by atoms with van der Waals surface area (Å²) in [6, 6.07) is 19.3. The number of nitrogens with zero attached hydrogens (tertiary/aromatic N) is 1. The average molecular weight is 350 g/mol. The number of carbonyl (C=O) groups is 1. The Bertz CT molecular complexity index is 690. The van der Waals surface area contributed by atoms with Gasteiger partial charge in [-0.1, -0.05) is 68.4 Å². The molecule has 0 saturated carbocycles. The standard InChI is InChI=1S/C24H31NO/c1-19(2)15-21-10-12-22(13-11-21)17-24(26)25-14-6-9-23(18-25)16-20-7-4-3-5-8-20/h3-5,7-8,10-13,19,23H,6,9,14-18H2,1-2H3. The number of likely N-dealkylation sites (tertiary alicyclic amines) is 1. The van der Waals surface area contributed by atoms with Crippen molar-refractivity contribution in [3.63, 3.8) is 0 Å². The van der Waals surface area contributed by atoms with Crippen LogP contribution in [0.5, 0.6) is 0 Å². The first-order chi connectivity index (χ1) is 12.6. The van der Waals surface area contributed by atoms with Crippen molar-refractivity contribution in [1.82, 2.24) is 4.90 Å². The molecule has 0 aliphatic carbocycles. The van der Waals surface area contributed by atoms with Gasteiger partial charge in [-0.2, -0.15) is 0 Å². The maximum absolute atomic E-state index is 12.8. The highest BCUT2D eigenvalue weighted by atomic mass is 16.2. The summed E-state index contributed by atoms with van der Waals surface area (Å²) >= 11 is 0. The number of hydrogen-bond donors (Lipinski definition) is 0. The lowest BCUT2D eigenvalue weighted by Gasteiger charge is -2.33. The Morgan fingerprint density at radius 2 is 1.69 bits per heavy atom. The van der Waals surface area contributed by atoms with E-state index in [0.717, 1.165) is 37.9 Å². The molecule has 1 amide bonds. The molecule has 1 unspecified atom stereocenters. The number of piperidine rings is 1. The van der Waals surface area contributed by atoms with Gasteiger partial charge in [0.15, 0.2) is 0 Å². The molecule has 1 aliphatic rings. The van der Waals surface area contributed by atoms with Gasteiger partial charge in [0.25, 0.3) is 0 Å². The van der Waals surface area contributed by atoms with Crippen molar-refractivity contribution in [3.05, 3.63) is 71.3 Å². The van der Waals surface area contributed by atoms with Crippen LogP contribution in [0.3, 0.4) is 0 Å². The Morgan fingerprint density at radius 1 is 1.00 bits per heavy atom. The van der Waals surface area contributed by atoms with Crippen LogP contribution in [0, 0.1) is 11.8 Å². The minimum Gasteiger partial charge on any atom is -0.342 e. The highest BCUT2D eigenvalue weighted by Gasteiger charge is 2.23. The molecule has 1 saturated heterocycles. The van der Waals surface area contributed by atoms with Gasteiger partial charge in [0.2, 0.25) is 5.91 Å². The van der Waals surface area contributed by atoms with Crippen LogP contribution in [-0.4, -0.2) is 23.9 Å². The van der Waals surface area contributed by atoms with Crippen molar-refractivity contribution in [3.8, 4) is 0 Å². The van der Waals surface area contributed by atoms with E-state index in [1.807, 2.05) is 0 Å². The number of hydrogen-bond acceptors (Lipinski definition) is 1. The van der Waals surface area contributed by atoms with Crippen molar-refractivity contribution in [2.45, 2.75) is 46.0 Å². The van der Waals surface area contributed by atoms with Crippen molar-refractivity contribution >= 4 is 5.91 Å². The van der Waals surface area contributed by atoms with Crippen LogP contribution in [0.15, 0.2) is 54.6 Å². The Hall–Kier alpha value is -2.09. The average Bonchev–Trinajstić information content (AvgIpc) is 2.64. The van der Waals surface area contributed by atoms with Crippen LogP contribution < -0.4 is 0 Å². The minimum atomic E-state index is 0.277. The van der Waals surface area contributed by atoms with E-state index in [-0.39, 0.29) is 5.91 Å². The molecule has 1 heterocycles. The second kappa shape index (κ2) is 9.02. The van der Waals surface area contributed by atoms with E-state index in [9.17, 15) is 4.79 Å². The van der Waals surface area contributed by atoms with Crippen molar-refractivity contribution in [2.24, 2.45) is 11.8 Å². The second-order valence-corrected chi connectivity index (χ2v) is 8.13. The lowest BCUT2D eigenvalue weighted by atomic mass is 9.91. The molecule has 26 heavy (non-hydrogen) atoms. The first-order valence-corrected chi connectivity index (χ1v) is 9.99. The van der Waals surface area contributed by atoms with E-state index < -0.39 is 0 Å². The zero-order valence-corrected chi connectivity index (χ0v) is 16.2. The van der Waals surface area contributed by atoms with E-state index in [1.165, 1.54) is 17.5 Å². The number of carbonyl (C=O) groups excluding carboxylic acids is 1. The molecular weight excluding hydrogens is 318 g/mol. The molecule has 2 aromatic rings. The maximum atomic E-state index is 12.8. The number of amides is 1. The monoisotopic (exact) mass is 349 g/mol. The fourth-order valence-electron chi connectivity index (χ4n) is 3.96. The van der Waals surface area contributed by atoms with Gasteiger partial charge < -0.3 is 4.90 Å². The normalized spacial score (nSPS) is 17.5. The molecule has 0 radical (unpaired) electrons. The molecule has 1 aliphatic heterocycles. The van der Waals surface area contributed by atoms with Gasteiger partial charge in [0, 0.05) is 13.1 Å². The van der Waals surface area contributed by atoms with Crippen LogP contribution >= 0.6 is 0 Å². The largest absolute Gasteiger partial charge is 0.342 e. The molecule has 0 N–H and O–H groups in total. The van der Waals surface area contributed by atoms with Crippen LogP contribution in [-0.2, 0) is 24.1 Å². The van der Waals surface area contributed by atoms with Gasteiger partial charge in [0.1, 0.15) is 0 Å². The van der Waals surface area contributed by atoms with Gasteiger partial charge >= 0.3 is 0 Å². The quantitative estimate of drug-likeness (QED) is 0.726. The molecule has 2 aromatic carbocycles. The molecule has 2 nitrogen and oxygen atoms in total. The van der Waals surface area contributed by atoms with E-state index in [2.05, 4.69) is 73.3 Å². The fourth-order valence-corrected chi connectivity index (χ4v) is 3.96. The molecular formula is C24H31NO. The van der Waals surface area contributed by atoms with Crippen LogP contribution in [0.1, 0.15) is 43.4 Å². The molecule has 2 heteroatoms. The van der Waals surface area contributed by atoms with Gasteiger partial charge in [-0.3, -0.25) is 4.79 Å². The first-order valence-electron chi connectivity index (χ1n) is 9.99. The summed E-state index contributed by atoms with van der Waals surface area (Å²) in [5.74, 6) is 1.53. The zero-order valence-electron chi connectivity index (χ0n) is 16.2. The Kier molecular flexibility index (Phi) is 6.49. The highest BCUT2D eigenvalue weighted by molar-refractivity contribution is 5.78. The molecule has 0 spiro atoms. The smallest absolute Gasteiger partial charge is 0.226 e. The zero-order chi connectivity index (χ0) is 18.4. The van der Waals surface area contributed by atoms with Gasteiger partial charge in [-0.15, -0.1) is 0 Å². The van der Waals surface area contributed by atoms with Crippen molar-refractivity contribution < 1.29 is 4.79 Å². The van der Waals surface area contributed by atoms with E-state index >= 15 is 0 Å². The third kappa shape index (κ3) is 5.45. The third-order valence-electron chi connectivity index (χ3n) is 5.26. The number of benzene rings is 2. The van der Waals surface area contributed by atoms with Crippen LogP contribution in [0.4, 0.5) is 0 Å². The lowest BCUT2D eigenvalue weighted by Crippen LogP contribution is -2.41. The summed E-state index contributed by atoms with van der Waals surface area (Å²) in [6.45, 7) is 6.29. The summed E-state index contributed by atoms with van der Waals surface area (Å²) in [4.78, 5) is 14.8. The summed E-state index contributed by atoms with van der Waals surface area (Å²) in [7, 11) is 0. The van der Waals surface area contributed by atoms with E-state index in [4.69, 9.17) is 0 Å². The molecule has 0 bridgehead atoms. The minimum absolute atomic E-state index is 0.277. The maximum Gasteiger partial charge on any atom is 0.226 e. The van der Waals surface area contributed by atoms with Crippen LogP contribution in [0.2, 0.25) is 0 Å². The molecule has 3 rings (SSSR count). The second-order valence-electron chi connectivity index (χ2n) is 8.13. The fraction of sp³-hybridized carbons (Fsp3) is 0.458. The van der Waals surface area contributed by atoms with Crippen LogP contribution in [0.25, 0.3) is 0 Å². The van der Waals surface area contributed by atoms with E-state index in [0.29, 0.717) is 18.3 Å². The first kappa shape index (κ1) is 18.7. The predicted octanol–water partition coefficient (Wildman–Crippen LogP) is 4.91. The summed E-state index contributed by atoms with van der Waals surface area (Å²) in [5.41, 5.74) is 3.87. The Labute approximate surface area is 158 Å². The summed E-state index contributed by atoms with van der Waals surface area (Å²) in [5, 5.41) is 0. The third-order valence-corrected chi connectivity index (χ3v) is 5.26. The van der Waals surface area contributed by atoms with E-state index in [1.54, 1.807) is 0 Å². The summed E-state index contributed by atoms with van der Waals surface area (Å²) in [6.07, 6.45) is 5.05. The van der Waals surface area contributed by atoms with Gasteiger partial charge in [0.05, 0.1) is 6.42 Å². The van der Waals surface area contributed by atoms with Gasteiger partial charge in [-0.05, 0) is 54.2 Å². The lowest BCUT2D eigenvalue weighted by molar-refractivity contribution is -0.132. The highest BCUT2D eigenvalue weighted by Crippen LogP contribution is 2.21. The molecule has 0 aromatic heterocycles. The Morgan fingerprint density at radius 3 is 2.38 bits per heavy atom. The molecule has 138 valence electrons.